The molecule has 1 aliphatic carbocycles. The van der Waals surface area contributed by atoms with Gasteiger partial charge in [0.1, 0.15) is 0 Å². The summed E-state index contributed by atoms with van der Waals surface area (Å²) in [5.74, 6) is -0.483. The van der Waals surface area contributed by atoms with Crippen LogP contribution in [0.1, 0.15) is 32.6 Å². The zero-order valence-electron chi connectivity index (χ0n) is 10.2. The van der Waals surface area contributed by atoms with Gasteiger partial charge in [0.15, 0.2) is 0 Å². The topological polar surface area (TPSA) is 69.6 Å². The molecule has 2 amide bonds. The highest BCUT2D eigenvalue weighted by molar-refractivity contribution is 5.76. The van der Waals surface area contributed by atoms with E-state index in [0.717, 1.165) is 19.3 Å². The third-order valence-corrected chi connectivity index (χ3v) is 3.76. The maximum Gasteiger partial charge on any atom is 0.317 e. The minimum atomic E-state index is -0.792. The monoisotopic (exact) mass is 240 g/mol. The lowest BCUT2D eigenvalue weighted by Gasteiger charge is -2.37. The molecule has 2 aliphatic rings. The first-order chi connectivity index (χ1) is 8.06. The van der Waals surface area contributed by atoms with Crippen molar-refractivity contribution in [2.45, 2.75) is 38.6 Å². The van der Waals surface area contributed by atoms with E-state index < -0.39 is 11.9 Å². The summed E-state index contributed by atoms with van der Waals surface area (Å²) in [6.07, 6.45) is 3.55. The Morgan fingerprint density at radius 3 is 2.65 bits per heavy atom. The first-order valence-electron chi connectivity index (χ1n) is 6.34. The highest BCUT2D eigenvalue weighted by Crippen LogP contribution is 2.26. The minimum absolute atomic E-state index is 0.0900. The molecular formula is C12H20N2O3. The van der Waals surface area contributed by atoms with Crippen molar-refractivity contribution in [1.82, 2.24) is 10.2 Å². The molecule has 0 aromatic rings. The quantitative estimate of drug-likeness (QED) is 0.764. The number of urea groups is 1. The normalized spacial score (nSPS) is 32.8. The minimum Gasteiger partial charge on any atom is -0.481 e. The van der Waals surface area contributed by atoms with E-state index in [1.807, 2.05) is 0 Å². The van der Waals surface area contributed by atoms with Crippen LogP contribution in [0.4, 0.5) is 4.79 Å². The number of amides is 2. The molecule has 5 nitrogen and oxygen atoms in total. The number of likely N-dealkylation sites (tertiary alicyclic amines) is 1. The highest BCUT2D eigenvalue weighted by Gasteiger charge is 2.31. The summed E-state index contributed by atoms with van der Waals surface area (Å²) in [6, 6.07) is 0.204. The first-order valence-corrected chi connectivity index (χ1v) is 6.34. The zero-order valence-corrected chi connectivity index (χ0v) is 10.2. The van der Waals surface area contributed by atoms with Gasteiger partial charge in [0.2, 0.25) is 0 Å². The molecule has 0 aromatic heterocycles. The maximum atomic E-state index is 11.9. The van der Waals surface area contributed by atoms with Crippen LogP contribution in [0, 0.1) is 11.8 Å². The van der Waals surface area contributed by atoms with E-state index in [1.165, 1.54) is 0 Å². The van der Waals surface area contributed by atoms with Crippen LogP contribution in [0.2, 0.25) is 0 Å². The number of carbonyl (C=O) groups is 2. The second-order valence-electron chi connectivity index (χ2n) is 5.35. The number of hydrogen-bond donors (Lipinski definition) is 2. The molecular weight excluding hydrogens is 220 g/mol. The molecule has 1 heterocycles. The lowest BCUT2D eigenvalue weighted by atomic mass is 9.82. The van der Waals surface area contributed by atoms with Crippen molar-refractivity contribution in [2.24, 2.45) is 11.8 Å². The van der Waals surface area contributed by atoms with E-state index in [1.54, 1.807) is 4.90 Å². The Morgan fingerprint density at radius 1 is 1.35 bits per heavy atom. The number of aliphatic carboxylic acids is 1. The predicted molar refractivity (Wildman–Crippen MR) is 62.7 cm³/mol. The van der Waals surface area contributed by atoms with E-state index in [0.29, 0.717) is 31.5 Å². The van der Waals surface area contributed by atoms with Gasteiger partial charge in [-0.05, 0) is 31.6 Å². The molecule has 5 heteroatoms. The summed E-state index contributed by atoms with van der Waals surface area (Å²) in [5, 5.41) is 11.9. The standard InChI is InChI=1S/C12H20N2O3/c1-8-5-10(6-8)13-12(17)14-4-2-3-9(7-14)11(15)16/h8-10H,2-7H2,1H3,(H,13,17)(H,15,16). The summed E-state index contributed by atoms with van der Waals surface area (Å²) < 4.78 is 0. The van der Waals surface area contributed by atoms with E-state index in [9.17, 15) is 9.59 Å². The van der Waals surface area contributed by atoms with Gasteiger partial charge in [0.05, 0.1) is 5.92 Å². The molecule has 0 radical (unpaired) electrons. The first kappa shape index (κ1) is 12.2. The number of carboxylic acids is 1. The number of rotatable bonds is 2. The fourth-order valence-corrected chi connectivity index (χ4v) is 2.65. The molecule has 0 aromatic carbocycles. The van der Waals surface area contributed by atoms with Crippen LogP contribution in [0.5, 0.6) is 0 Å². The molecule has 0 spiro atoms. The van der Waals surface area contributed by atoms with Crippen molar-refractivity contribution >= 4 is 12.0 Å². The smallest absolute Gasteiger partial charge is 0.317 e. The summed E-state index contributed by atoms with van der Waals surface area (Å²) >= 11 is 0. The molecule has 17 heavy (non-hydrogen) atoms. The van der Waals surface area contributed by atoms with Gasteiger partial charge in [-0.25, -0.2) is 4.79 Å². The zero-order chi connectivity index (χ0) is 12.4. The Labute approximate surface area is 101 Å². The van der Waals surface area contributed by atoms with Crippen LogP contribution in [0.15, 0.2) is 0 Å². The van der Waals surface area contributed by atoms with E-state index >= 15 is 0 Å². The number of nitrogens with one attached hydrogen (secondary N) is 1. The Hall–Kier alpha value is -1.26. The van der Waals surface area contributed by atoms with Gasteiger partial charge < -0.3 is 15.3 Å². The van der Waals surface area contributed by atoms with Gasteiger partial charge >= 0.3 is 12.0 Å². The number of carbonyl (C=O) groups excluding carboxylic acids is 1. The summed E-state index contributed by atoms with van der Waals surface area (Å²) in [5.41, 5.74) is 0. The third-order valence-electron chi connectivity index (χ3n) is 3.76. The molecule has 1 unspecified atom stereocenters. The molecule has 1 saturated carbocycles. The molecule has 1 atom stereocenters. The second-order valence-corrected chi connectivity index (χ2v) is 5.35. The molecule has 2 fully saturated rings. The molecule has 96 valence electrons. The van der Waals surface area contributed by atoms with Crippen LogP contribution in [-0.4, -0.2) is 41.1 Å². The van der Waals surface area contributed by atoms with Crippen molar-refractivity contribution in [3.63, 3.8) is 0 Å². The largest absolute Gasteiger partial charge is 0.481 e. The molecule has 2 rings (SSSR count). The fraction of sp³-hybridized carbons (Fsp3) is 0.833. The number of hydrogen-bond acceptors (Lipinski definition) is 2. The van der Waals surface area contributed by atoms with Crippen molar-refractivity contribution in [2.75, 3.05) is 13.1 Å². The highest BCUT2D eigenvalue weighted by atomic mass is 16.4. The predicted octanol–water partition coefficient (Wildman–Crippen LogP) is 1.29. The van der Waals surface area contributed by atoms with Crippen LogP contribution in [0.3, 0.4) is 0 Å². The van der Waals surface area contributed by atoms with Crippen molar-refractivity contribution in [1.29, 1.82) is 0 Å². The van der Waals surface area contributed by atoms with Crippen molar-refractivity contribution in [3.05, 3.63) is 0 Å². The summed E-state index contributed by atoms with van der Waals surface area (Å²) in [6.45, 7) is 3.20. The van der Waals surface area contributed by atoms with Crippen molar-refractivity contribution in [3.8, 4) is 0 Å². The number of nitrogens with zero attached hydrogens (tertiary/aromatic N) is 1. The number of carboxylic acid groups (broad SMARTS) is 1. The lowest BCUT2D eigenvalue weighted by molar-refractivity contribution is -0.143. The molecule has 0 bridgehead atoms. The average Bonchev–Trinajstić information content (AvgIpc) is 2.27. The average molecular weight is 240 g/mol. The van der Waals surface area contributed by atoms with Crippen LogP contribution < -0.4 is 5.32 Å². The van der Waals surface area contributed by atoms with Gasteiger partial charge in [-0.15, -0.1) is 0 Å². The SMILES string of the molecule is CC1CC(NC(=O)N2CCCC(C(=O)O)C2)C1. The molecule has 1 aliphatic heterocycles. The Morgan fingerprint density at radius 2 is 2.06 bits per heavy atom. The molecule has 2 N–H and O–H groups in total. The Balaban J connectivity index is 1.80. The Bertz CT molecular complexity index is 313. The van der Waals surface area contributed by atoms with Gasteiger partial charge in [-0.1, -0.05) is 6.92 Å². The van der Waals surface area contributed by atoms with Crippen LogP contribution in [-0.2, 0) is 4.79 Å². The van der Waals surface area contributed by atoms with Gasteiger partial charge in [-0.3, -0.25) is 4.79 Å². The van der Waals surface area contributed by atoms with Gasteiger partial charge in [0.25, 0.3) is 0 Å². The number of piperidine rings is 1. The Kier molecular flexibility index (Phi) is 3.54. The second kappa shape index (κ2) is 4.94. The summed E-state index contributed by atoms with van der Waals surface area (Å²) in [4.78, 5) is 24.4. The third kappa shape index (κ3) is 2.90. The van der Waals surface area contributed by atoms with Gasteiger partial charge in [0, 0.05) is 19.1 Å². The molecule has 1 saturated heterocycles. The van der Waals surface area contributed by atoms with Crippen LogP contribution in [0.25, 0.3) is 0 Å². The van der Waals surface area contributed by atoms with Crippen molar-refractivity contribution < 1.29 is 14.7 Å². The van der Waals surface area contributed by atoms with E-state index in [4.69, 9.17) is 5.11 Å². The van der Waals surface area contributed by atoms with E-state index in [-0.39, 0.29) is 6.03 Å². The lowest BCUT2D eigenvalue weighted by Crippen LogP contribution is -2.52. The van der Waals surface area contributed by atoms with Gasteiger partial charge in [-0.2, -0.15) is 0 Å². The summed E-state index contributed by atoms with van der Waals surface area (Å²) in [7, 11) is 0. The maximum absolute atomic E-state index is 11.9. The fourth-order valence-electron chi connectivity index (χ4n) is 2.65. The van der Waals surface area contributed by atoms with E-state index in [2.05, 4.69) is 12.2 Å². The van der Waals surface area contributed by atoms with Crippen LogP contribution >= 0.6 is 0 Å².